The molecule has 0 bridgehead atoms. The SMILES string of the molecule is Cl.Cl.NCCNC(C(=O)O)c1cccnc1. The summed E-state index contributed by atoms with van der Waals surface area (Å²) in [6.07, 6.45) is 3.13. The van der Waals surface area contributed by atoms with E-state index in [-0.39, 0.29) is 24.8 Å². The van der Waals surface area contributed by atoms with Crippen molar-refractivity contribution in [2.24, 2.45) is 5.73 Å². The minimum absolute atomic E-state index is 0. The Kier molecular flexibility index (Phi) is 10.2. The number of nitrogens with one attached hydrogen (secondary N) is 1. The second-order valence-electron chi connectivity index (χ2n) is 2.80. The summed E-state index contributed by atoms with van der Waals surface area (Å²) < 4.78 is 0. The number of hydrogen-bond donors (Lipinski definition) is 3. The number of nitrogens with two attached hydrogens (primary N) is 1. The molecule has 4 N–H and O–H groups in total. The van der Waals surface area contributed by atoms with E-state index in [1.165, 1.54) is 6.20 Å². The van der Waals surface area contributed by atoms with Crippen LogP contribution < -0.4 is 11.1 Å². The predicted molar refractivity (Wildman–Crippen MR) is 66.2 cm³/mol. The van der Waals surface area contributed by atoms with E-state index >= 15 is 0 Å². The molecule has 0 amide bonds. The molecule has 0 aliphatic heterocycles. The van der Waals surface area contributed by atoms with Crippen LogP contribution in [-0.2, 0) is 4.79 Å². The molecule has 1 aromatic rings. The number of nitrogens with zero attached hydrogens (tertiary/aromatic N) is 1. The summed E-state index contributed by atoms with van der Waals surface area (Å²) in [5, 5.41) is 11.7. The van der Waals surface area contributed by atoms with Gasteiger partial charge >= 0.3 is 5.97 Å². The Morgan fingerprint density at radius 3 is 2.69 bits per heavy atom. The number of carboxylic acids is 1. The maximum absolute atomic E-state index is 10.9. The lowest BCUT2D eigenvalue weighted by molar-refractivity contribution is -0.139. The lowest BCUT2D eigenvalue weighted by atomic mass is 10.1. The molecule has 1 heterocycles. The average molecular weight is 268 g/mol. The third-order valence-electron chi connectivity index (χ3n) is 1.76. The van der Waals surface area contributed by atoms with Crippen LogP contribution in [-0.4, -0.2) is 29.1 Å². The van der Waals surface area contributed by atoms with Crippen molar-refractivity contribution in [1.29, 1.82) is 0 Å². The Bertz CT molecular complexity index is 298. The van der Waals surface area contributed by atoms with E-state index in [0.717, 1.165) is 0 Å². The topological polar surface area (TPSA) is 88.2 Å². The molecule has 1 rings (SSSR count). The zero-order valence-corrected chi connectivity index (χ0v) is 10.1. The monoisotopic (exact) mass is 267 g/mol. The molecule has 0 aliphatic carbocycles. The van der Waals surface area contributed by atoms with Crippen LogP contribution in [0.2, 0.25) is 0 Å². The van der Waals surface area contributed by atoms with Gasteiger partial charge in [0, 0.05) is 25.5 Å². The second-order valence-corrected chi connectivity index (χ2v) is 2.80. The van der Waals surface area contributed by atoms with Gasteiger partial charge in [0.1, 0.15) is 6.04 Å². The van der Waals surface area contributed by atoms with Gasteiger partial charge in [0.2, 0.25) is 0 Å². The van der Waals surface area contributed by atoms with Gasteiger partial charge in [0.15, 0.2) is 0 Å². The summed E-state index contributed by atoms with van der Waals surface area (Å²) in [6.45, 7) is 0.871. The van der Waals surface area contributed by atoms with E-state index in [0.29, 0.717) is 18.7 Å². The highest BCUT2D eigenvalue weighted by atomic mass is 35.5. The molecule has 7 heteroatoms. The first kappa shape index (κ1) is 17.5. The fourth-order valence-corrected chi connectivity index (χ4v) is 1.12. The largest absolute Gasteiger partial charge is 0.480 e. The van der Waals surface area contributed by atoms with Gasteiger partial charge in [-0.1, -0.05) is 6.07 Å². The number of rotatable bonds is 5. The molecule has 0 fully saturated rings. The Morgan fingerprint density at radius 1 is 1.56 bits per heavy atom. The second kappa shape index (κ2) is 9.35. The van der Waals surface area contributed by atoms with Crippen molar-refractivity contribution in [3.63, 3.8) is 0 Å². The summed E-state index contributed by atoms with van der Waals surface area (Å²) >= 11 is 0. The summed E-state index contributed by atoms with van der Waals surface area (Å²) in [5.41, 5.74) is 5.92. The van der Waals surface area contributed by atoms with E-state index in [1.54, 1.807) is 18.3 Å². The fraction of sp³-hybridized carbons (Fsp3) is 0.333. The van der Waals surface area contributed by atoms with Crippen molar-refractivity contribution < 1.29 is 9.90 Å². The number of aliphatic carboxylic acids is 1. The van der Waals surface area contributed by atoms with Gasteiger partial charge in [-0.05, 0) is 11.6 Å². The van der Waals surface area contributed by atoms with Crippen LogP contribution in [0.15, 0.2) is 24.5 Å². The zero-order chi connectivity index (χ0) is 10.4. The number of hydrogen-bond acceptors (Lipinski definition) is 4. The van der Waals surface area contributed by atoms with Gasteiger partial charge in [0.05, 0.1) is 0 Å². The Morgan fingerprint density at radius 2 is 2.25 bits per heavy atom. The van der Waals surface area contributed by atoms with Crippen LogP contribution in [0.3, 0.4) is 0 Å². The number of halogens is 2. The van der Waals surface area contributed by atoms with E-state index in [1.807, 2.05) is 0 Å². The van der Waals surface area contributed by atoms with E-state index in [9.17, 15) is 4.79 Å². The lowest BCUT2D eigenvalue weighted by Crippen LogP contribution is -2.32. The van der Waals surface area contributed by atoms with Crippen LogP contribution in [0.25, 0.3) is 0 Å². The minimum atomic E-state index is -0.925. The maximum Gasteiger partial charge on any atom is 0.325 e. The third-order valence-corrected chi connectivity index (χ3v) is 1.76. The molecule has 0 radical (unpaired) electrons. The van der Waals surface area contributed by atoms with Crippen LogP contribution in [0.5, 0.6) is 0 Å². The standard InChI is InChI=1S/C9H13N3O2.2ClH/c10-3-5-12-8(9(13)14)7-2-1-4-11-6-7;;/h1-2,4,6,8,12H,3,5,10H2,(H,13,14);2*1H. The number of carboxylic acid groups (broad SMARTS) is 1. The molecular weight excluding hydrogens is 253 g/mol. The third kappa shape index (κ3) is 5.27. The Balaban J connectivity index is 0. The Hall–Kier alpha value is -0.880. The van der Waals surface area contributed by atoms with Crippen LogP contribution >= 0.6 is 24.8 Å². The summed E-state index contributed by atoms with van der Waals surface area (Å²) in [6, 6.07) is 2.69. The molecule has 1 aromatic heterocycles. The van der Waals surface area contributed by atoms with Crippen molar-refractivity contribution in [3.8, 4) is 0 Å². The van der Waals surface area contributed by atoms with Crippen LogP contribution in [0.1, 0.15) is 11.6 Å². The average Bonchev–Trinajstić information content (AvgIpc) is 2.19. The zero-order valence-electron chi connectivity index (χ0n) is 8.50. The van der Waals surface area contributed by atoms with Gasteiger partial charge in [0.25, 0.3) is 0 Å². The van der Waals surface area contributed by atoms with Crippen molar-refractivity contribution in [1.82, 2.24) is 10.3 Å². The highest BCUT2D eigenvalue weighted by Gasteiger charge is 2.18. The maximum atomic E-state index is 10.9. The summed E-state index contributed by atoms with van der Waals surface area (Å²) in [5.74, 6) is -0.925. The molecule has 0 spiro atoms. The normalized spacial score (nSPS) is 10.8. The summed E-state index contributed by atoms with van der Waals surface area (Å²) in [4.78, 5) is 14.7. The first-order chi connectivity index (χ1) is 6.75. The van der Waals surface area contributed by atoms with Crippen molar-refractivity contribution in [2.75, 3.05) is 13.1 Å². The van der Waals surface area contributed by atoms with Crippen LogP contribution in [0, 0.1) is 0 Å². The minimum Gasteiger partial charge on any atom is -0.480 e. The van der Waals surface area contributed by atoms with Gasteiger partial charge in [-0.25, -0.2) is 0 Å². The molecule has 0 saturated carbocycles. The lowest BCUT2D eigenvalue weighted by Gasteiger charge is -2.13. The quantitative estimate of drug-likeness (QED) is 0.727. The smallest absolute Gasteiger partial charge is 0.325 e. The number of pyridine rings is 1. The van der Waals surface area contributed by atoms with E-state index in [2.05, 4.69) is 10.3 Å². The first-order valence-electron chi connectivity index (χ1n) is 4.32. The highest BCUT2D eigenvalue weighted by Crippen LogP contribution is 2.10. The summed E-state index contributed by atoms with van der Waals surface area (Å²) in [7, 11) is 0. The van der Waals surface area contributed by atoms with Gasteiger partial charge in [-0.3, -0.25) is 15.1 Å². The first-order valence-corrected chi connectivity index (χ1v) is 4.32. The van der Waals surface area contributed by atoms with Crippen molar-refractivity contribution in [2.45, 2.75) is 6.04 Å². The van der Waals surface area contributed by atoms with Crippen molar-refractivity contribution in [3.05, 3.63) is 30.1 Å². The van der Waals surface area contributed by atoms with E-state index in [4.69, 9.17) is 10.8 Å². The molecule has 1 unspecified atom stereocenters. The predicted octanol–water partition coefficient (Wildman–Crippen LogP) is 0.599. The number of aromatic nitrogens is 1. The molecule has 5 nitrogen and oxygen atoms in total. The number of carbonyl (C=O) groups is 1. The highest BCUT2D eigenvalue weighted by molar-refractivity contribution is 5.85. The van der Waals surface area contributed by atoms with Crippen molar-refractivity contribution >= 4 is 30.8 Å². The molecular formula is C9H15Cl2N3O2. The van der Waals surface area contributed by atoms with Gasteiger partial charge < -0.3 is 10.8 Å². The molecule has 92 valence electrons. The molecule has 1 atom stereocenters. The van der Waals surface area contributed by atoms with Gasteiger partial charge in [-0.15, -0.1) is 24.8 Å². The Labute approximate surface area is 106 Å². The molecule has 0 saturated heterocycles. The van der Waals surface area contributed by atoms with Gasteiger partial charge in [-0.2, -0.15) is 0 Å². The molecule has 16 heavy (non-hydrogen) atoms. The van der Waals surface area contributed by atoms with E-state index < -0.39 is 12.0 Å². The fourth-order valence-electron chi connectivity index (χ4n) is 1.12. The molecule has 0 aliphatic rings. The van der Waals surface area contributed by atoms with Crippen LogP contribution in [0.4, 0.5) is 0 Å². The molecule has 0 aromatic carbocycles.